The van der Waals surface area contributed by atoms with E-state index in [-0.39, 0.29) is 17.9 Å². The number of hydrogen-bond acceptors (Lipinski definition) is 3. The molecule has 0 bridgehead atoms. The summed E-state index contributed by atoms with van der Waals surface area (Å²) in [5, 5.41) is 12.4. The highest BCUT2D eigenvalue weighted by atomic mass is 32.1. The van der Waals surface area contributed by atoms with E-state index in [0.717, 1.165) is 36.2 Å². The fourth-order valence-corrected chi connectivity index (χ4v) is 4.16. The van der Waals surface area contributed by atoms with Crippen molar-refractivity contribution in [3.05, 3.63) is 21.9 Å². The van der Waals surface area contributed by atoms with Crippen molar-refractivity contribution in [2.24, 2.45) is 0 Å². The number of aliphatic hydroxyl groups excluding tert-OH is 1. The molecule has 1 amide bonds. The van der Waals surface area contributed by atoms with Crippen LogP contribution in [0.1, 0.15) is 35.6 Å². The lowest BCUT2D eigenvalue weighted by Gasteiger charge is -2.30. The minimum Gasteiger partial charge on any atom is -0.390 e. The van der Waals surface area contributed by atoms with E-state index in [2.05, 4.69) is 0 Å². The second kappa shape index (κ2) is 4.10. The van der Waals surface area contributed by atoms with Crippen molar-refractivity contribution in [3.63, 3.8) is 0 Å². The summed E-state index contributed by atoms with van der Waals surface area (Å²) < 4.78 is 0. The van der Waals surface area contributed by atoms with E-state index in [0.29, 0.717) is 0 Å². The quantitative estimate of drug-likeness (QED) is 0.828. The van der Waals surface area contributed by atoms with Crippen LogP contribution in [0.3, 0.4) is 0 Å². The van der Waals surface area contributed by atoms with Gasteiger partial charge in [0.2, 0.25) is 5.91 Å². The van der Waals surface area contributed by atoms with Crippen molar-refractivity contribution in [1.29, 1.82) is 0 Å². The van der Waals surface area contributed by atoms with Crippen molar-refractivity contribution in [2.75, 3.05) is 6.54 Å². The monoisotopic (exact) mass is 251 g/mol. The number of nitrogens with zero attached hydrogens (tertiary/aromatic N) is 1. The molecule has 4 heteroatoms. The highest BCUT2D eigenvalue weighted by Crippen LogP contribution is 2.40. The zero-order valence-corrected chi connectivity index (χ0v) is 10.7. The molecule has 2 aliphatic rings. The van der Waals surface area contributed by atoms with Gasteiger partial charge in [-0.05, 0) is 43.2 Å². The van der Waals surface area contributed by atoms with Gasteiger partial charge in [-0.25, -0.2) is 0 Å². The van der Waals surface area contributed by atoms with Gasteiger partial charge in [0.05, 0.1) is 12.1 Å². The summed E-state index contributed by atoms with van der Waals surface area (Å²) in [7, 11) is 0. The average molecular weight is 251 g/mol. The maximum atomic E-state index is 12.4. The Hall–Kier alpha value is -0.870. The molecule has 0 saturated carbocycles. The molecule has 0 aliphatic carbocycles. The number of rotatable bonds is 1. The number of hydrogen-bond donors (Lipinski definition) is 1. The van der Waals surface area contributed by atoms with Crippen LogP contribution in [0.25, 0.3) is 0 Å². The van der Waals surface area contributed by atoms with Gasteiger partial charge in [0.25, 0.3) is 0 Å². The normalized spacial score (nSPS) is 32.9. The minimum atomic E-state index is -0.514. The molecule has 2 saturated heterocycles. The van der Waals surface area contributed by atoms with E-state index in [1.165, 1.54) is 0 Å². The zero-order valence-electron chi connectivity index (χ0n) is 9.93. The standard InChI is InChI=1S/C13H17NO2S/c1-8-5-7-17-12(8)10-11(15)9-4-2-3-6-14(9)13(10)16/h5,7,9-11,15H,2-4,6H2,1H3. The summed E-state index contributed by atoms with van der Waals surface area (Å²) in [5.74, 6) is -0.175. The van der Waals surface area contributed by atoms with Crippen molar-refractivity contribution in [1.82, 2.24) is 4.90 Å². The largest absolute Gasteiger partial charge is 0.390 e. The first-order chi connectivity index (χ1) is 8.20. The predicted octanol–water partition coefficient (Wildman–Crippen LogP) is 1.90. The topological polar surface area (TPSA) is 40.5 Å². The number of carbonyl (C=O) groups is 1. The Morgan fingerprint density at radius 3 is 2.94 bits per heavy atom. The molecule has 17 heavy (non-hydrogen) atoms. The molecular formula is C13H17NO2S. The summed E-state index contributed by atoms with van der Waals surface area (Å²) >= 11 is 1.59. The first kappa shape index (κ1) is 11.2. The predicted molar refractivity (Wildman–Crippen MR) is 67.2 cm³/mol. The molecule has 1 aromatic heterocycles. The van der Waals surface area contributed by atoms with Crippen LogP contribution in [0.4, 0.5) is 0 Å². The number of amides is 1. The lowest BCUT2D eigenvalue weighted by molar-refractivity contribution is -0.130. The van der Waals surface area contributed by atoms with Gasteiger partial charge >= 0.3 is 0 Å². The SMILES string of the molecule is Cc1ccsc1C1C(=O)N2CCCCC2C1O. The van der Waals surface area contributed by atoms with Crippen LogP contribution in [0.2, 0.25) is 0 Å². The van der Waals surface area contributed by atoms with Gasteiger partial charge < -0.3 is 10.0 Å². The molecular weight excluding hydrogens is 234 g/mol. The number of aliphatic hydroxyl groups is 1. The van der Waals surface area contributed by atoms with Gasteiger partial charge in [0.1, 0.15) is 5.92 Å². The van der Waals surface area contributed by atoms with E-state index >= 15 is 0 Å². The molecule has 0 spiro atoms. The molecule has 0 aromatic carbocycles. The lowest BCUT2D eigenvalue weighted by atomic mass is 9.94. The maximum absolute atomic E-state index is 12.4. The number of piperidine rings is 1. The Kier molecular flexibility index (Phi) is 2.71. The van der Waals surface area contributed by atoms with Crippen LogP contribution in [0, 0.1) is 6.92 Å². The van der Waals surface area contributed by atoms with Crippen molar-refractivity contribution < 1.29 is 9.90 Å². The maximum Gasteiger partial charge on any atom is 0.234 e. The van der Waals surface area contributed by atoms with Crippen LogP contribution < -0.4 is 0 Å². The third-order valence-electron chi connectivity index (χ3n) is 4.02. The van der Waals surface area contributed by atoms with Gasteiger partial charge in [0.15, 0.2) is 0 Å². The second-order valence-corrected chi connectivity index (χ2v) is 5.98. The molecule has 2 aliphatic heterocycles. The highest BCUT2D eigenvalue weighted by molar-refractivity contribution is 7.10. The van der Waals surface area contributed by atoms with Gasteiger partial charge in [-0.1, -0.05) is 0 Å². The fourth-order valence-electron chi connectivity index (χ4n) is 3.10. The third kappa shape index (κ3) is 1.62. The highest BCUT2D eigenvalue weighted by Gasteiger charge is 2.49. The Morgan fingerprint density at radius 2 is 2.29 bits per heavy atom. The van der Waals surface area contributed by atoms with E-state index in [1.54, 1.807) is 11.3 Å². The van der Waals surface area contributed by atoms with Gasteiger partial charge in [-0.3, -0.25) is 4.79 Å². The van der Waals surface area contributed by atoms with Gasteiger partial charge in [-0.15, -0.1) is 11.3 Å². The summed E-state index contributed by atoms with van der Waals surface area (Å²) in [6, 6.07) is 2.08. The van der Waals surface area contributed by atoms with E-state index in [9.17, 15) is 9.90 Å². The minimum absolute atomic E-state index is 0.0581. The van der Waals surface area contributed by atoms with Crippen molar-refractivity contribution in [3.8, 4) is 0 Å². The summed E-state index contributed by atoms with van der Waals surface area (Å²) in [4.78, 5) is 15.3. The number of thiophene rings is 1. The van der Waals surface area contributed by atoms with Crippen LogP contribution in [0.5, 0.6) is 0 Å². The Balaban J connectivity index is 1.96. The molecule has 3 unspecified atom stereocenters. The smallest absolute Gasteiger partial charge is 0.234 e. The third-order valence-corrected chi connectivity index (χ3v) is 5.12. The Morgan fingerprint density at radius 1 is 1.47 bits per heavy atom. The lowest BCUT2D eigenvalue weighted by Crippen LogP contribution is -2.40. The number of fused-ring (bicyclic) bond motifs is 1. The molecule has 1 aromatic rings. The summed E-state index contributed by atoms with van der Waals surface area (Å²) in [6.07, 6.45) is 2.64. The molecule has 3 nitrogen and oxygen atoms in total. The molecule has 92 valence electrons. The first-order valence-electron chi connectivity index (χ1n) is 6.22. The Labute approximate surface area is 105 Å². The molecule has 0 radical (unpaired) electrons. The molecule has 1 N–H and O–H groups in total. The molecule has 2 fully saturated rings. The molecule has 3 rings (SSSR count). The fraction of sp³-hybridized carbons (Fsp3) is 0.615. The summed E-state index contributed by atoms with van der Waals surface area (Å²) in [5.41, 5.74) is 1.13. The van der Waals surface area contributed by atoms with Crippen LogP contribution >= 0.6 is 11.3 Å². The average Bonchev–Trinajstić information content (AvgIpc) is 2.84. The van der Waals surface area contributed by atoms with Crippen molar-refractivity contribution in [2.45, 2.75) is 44.2 Å². The number of carbonyl (C=O) groups excluding carboxylic acids is 1. The molecule has 3 atom stereocenters. The van der Waals surface area contributed by atoms with Crippen molar-refractivity contribution >= 4 is 17.2 Å². The Bertz CT molecular complexity index is 442. The van der Waals surface area contributed by atoms with Crippen LogP contribution in [-0.4, -0.2) is 34.6 Å². The van der Waals surface area contributed by atoms with Gasteiger partial charge in [-0.2, -0.15) is 0 Å². The zero-order chi connectivity index (χ0) is 12.0. The number of aryl methyl sites for hydroxylation is 1. The van der Waals surface area contributed by atoms with Crippen LogP contribution in [0.15, 0.2) is 11.4 Å². The van der Waals surface area contributed by atoms with E-state index < -0.39 is 6.10 Å². The van der Waals surface area contributed by atoms with E-state index in [1.807, 2.05) is 23.3 Å². The van der Waals surface area contributed by atoms with E-state index in [4.69, 9.17) is 0 Å². The van der Waals surface area contributed by atoms with Crippen LogP contribution in [-0.2, 0) is 4.79 Å². The molecule has 3 heterocycles. The summed E-state index contributed by atoms with van der Waals surface area (Å²) in [6.45, 7) is 2.84. The van der Waals surface area contributed by atoms with Gasteiger partial charge in [0, 0.05) is 11.4 Å². The second-order valence-electron chi connectivity index (χ2n) is 5.03. The first-order valence-corrected chi connectivity index (χ1v) is 7.10.